The van der Waals surface area contributed by atoms with Gasteiger partial charge in [-0.1, -0.05) is 18.2 Å². The molecule has 24 heavy (non-hydrogen) atoms. The first-order chi connectivity index (χ1) is 11.4. The second kappa shape index (κ2) is 6.82. The van der Waals surface area contributed by atoms with Crippen molar-refractivity contribution >= 4 is 15.9 Å². The molecule has 1 amide bonds. The van der Waals surface area contributed by atoms with E-state index in [-0.39, 0.29) is 35.4 Å². The minimum atomic E-state index is -3.55. The maximum absolute atomic E-state index is 12.7. The molecule has 2 aliphatic rings. The summed E-state index contributed by atoms with van der Waals surface area (Å²) in [4.78, 5) is 14.6. The van der Waals surface area contributed by atoms with Gasteiger partial charge >= 0.3 is 0 Å². The third kappa shape index (κ3) is 3.34. The Morgan fingerprint density at radius 2 is 1.92 bits per heavy atom. The Morgan fingerprint density at radius 3 is 2.54 bits per heavy atom. The molecule has 1 atom stereocenters. The number of carbonyl (C=O) groups is 1. The van der Waals surface area contributed by atoms with Gasteiger partial charge in [0, 0.05) is 26.2 Å². The van der Waals surface area contributed by atoms with Crippen molar-refractivity contribution in [3.63, 3.8) is 0 Å². The molecule has 1 saturated heterocycles. The predicted octanol–water partition coefficient (Wildman–Crippen LogP) is 1.07. The maximum atomic E-state index is 12.7. The van der Waals surface area contributed by atoms with Crippen LogP contribution in [-0.2, 0) is 14.8 Å². The number of hydrogen-bond acceptors (Lipinski definition) is 4. The summed E-state index contributed by atoms with van der Waals surface area (Å²) in [5.41, 5.74) is 0. The molecule has 1 unspecified atom stereocenters. The summed E-state index contributed by atoms with van der Waals surface area (Å²) >= 11 is 0. The van der Waals surface area contributed by atoms with E-state index in [0.29, 0.717) is 32.2 Å². The summed E-state index contributed by atoms with van der Waals surface area (Å²) < 4.78 is 26.9. The Labute approximate surface area is 143 Å². The summed E-state index contributed by atoms with van der Waals surface area (Å²) in [6.45, 7) is 0.683. The first kappa shape index (κ1) is 17.4. The lowest BCUT2D eigenvalue weighted by molar-refractivity contribution is -0.141. The molecule has 0 aromatic heterocycles. The number of benzene rings is 1. The molecule has 0 bridgehead atoms. The fourth-order valence-corrected chi connectivity index (χ4v) is 4.99. The Bertz CT molecular complexity index is 686. The maximum Gasteiger partial charge on any atom is 0.243 e. The van der Waals surface area contributed by atoms with Gasteiger partial charge in [-0.3, -0.25) is 4.79 Å². The molecule has 1 aliphatic heterocycles. The van der Waals surface area contributed by atoms with Crippen LogP contribution in [0.1, 0.15) is 25.7 Å². The molecule has 1 aromatic rings. The molecule has 1 N–H and O–H groups in total. The highest BCUT2D eigenvalue weighted by molar-refractivity contribution is 7.89. The Morgan fingerprint density at radius 1 is 1.25 bits per heavy atom. The van der Waals surface area contributed by atoms with Gasteiger partial charge < -0.3 is 10.0 Å². The van der Waals surface area contributed by atoms with Crippen LogP contribution < -0.4 is 0 Å². The lowest BCUT2D eigenvalue weighted by atomic mass is 9.87. The Kier molecular flexibility index (Phi) is 4.94. The zero-order valence-electron chi connectivity index (χ0n) is 13.8. The molecule has 2 fully saturated rings. The van der Waals surface area contributed by atoms with Gasteiger partial charge in [-0.05, 0) is 37.8 Å². The van der Waals surface area contributed by atoms with E-state index < -0.39 is 10.0 Å². The number of aliphatic hydroxyl groups excluding tert-OH is 1. The van der Waals surface area contributed by atoms with E-state index in [4.69, 9.17) is 0 Å². The highest BCUT2D eigenvalue weighted by Crippen LogP contribution is 2.29. The number of piperidine rings is 1. The van der Waals surface area contributed by atoms with E-state index in [0.717, 1.165) is 0 Å². The van der Waals surface area contributed by atoms with Crippen molar-refractivity contribution < 1.29 is 18.3 Å². The highest BCUT2D eigenvalue weighted by Gasteiger charge is 2.38. The fourth-order valence-electron chi connectivity index (χ4n) is 3.45. The Balaban J connectivity index is 1.69. The lowest BCUT2D eigenvalue weighted by Gasteiger charge is -2.41. The van der Waals surface area contributed by atoms with E-state index in [1.165, 1.54) is 4.31 Å². The van der Waals surface area contributed by atoms with Crippen molar-refractivity contribution in [1.29, 1.82) is 0 Å². The molecular formula is C17H24N2O4S. The van der Waals surface area contributed by atoms with E-state index in [1.807, 2.05) is 0 Å². The highest BCUT2D eigenvalue weighted by atomic mass is 32.2. The van der Waals surface area contributed by atoms with Crippen LogP contribution in [0.15, 0.2) is 35.2 Å². The normalized spacial score (nSPS) is 28.2. The average molecular weight is 352 g/mol. The zero-order valence-corrected chi connectivity index (χ0v) is 14.7. The fraction of sp³-hybridized carbons (Fsp3) is 0.588. The second-order valence-electron chi connectivity index (χ2n) is 6.74. The summed E-state index contributed by atoms with van der Waals surface area (Å²) in [5.74, 6) is -0.320. The number of sulfonamides is 1. The molecule has 6 nitrogen and oxygen atoms in total. The van der Waals surface area contributed by atoms with Crippen LogP contribution in [0.2, 0.25) is 0 Å². The number of nitrogens with zero attached hydrogens (tertiary/aromatic N) is 2. The van der Waals surface area contributed by atoms with Gasteiger partial charge in [0.15, 0.2) is 0 Å². The molecule has 1 aromatic carbocycles. The van der Waals surface area contributed by atoms with Crippen LogP contribution in [-0.4, -0.2) is 60.9 Å². The Hall–Kier alpha value is -1.44. The van der Waals surface area contributed by atoms with Gasteiger partial charge in [-0.15, -0.1) is 0 Å². The van der Waals surface area contributed by atoms with Crippen LogP contribution in [0.4, 0.5) is 0 Å². The lowest BCUT2D eigenvalue weighted by Crippen LogP contribution is -2.52. The van der Waals surface area contributed by atoms with Crippen LogP contribution >= 0.6 is 0 Å². The summed E-state index contributed by atoms with van der Waals surface area (Å²) in [5, 5.41) is 9.41. The number of amides is 1. The van der Waals surface area contributed by atoms with Gasteiger partial charge in [-0.2, -0.15) is 4.31 Å². The third-order valence-electron chi connectivity index (χ3n) is 5.10. The second-order valence-corrected chi connectivity index (χ2v) is 8.68. The molecule has 0 spiro atoms. The van der Waals surface area contributed by atoms with Crippen molar-refractivity contribution in [2.75, 3.05) is 20.1 Å². The van der Waals surface area contributed by atoms with E-state index >= 15 is 0 Å². The standard InChI is InChI=1S/C17H24N2O4S/c1-18(14-10-15(20)11-14)17(21)13-6-5-9-19(12-13)24(22,23)16-7-3-2-4-8-16/h2-4,7-8,13-15,20H,5-6,9-12H2,1H3. The van der Waals surface area contributed by atoms with Gasteiger partial charge in [0.1, 0.15) is 0 Å². The van der Waals surface area contributed by atoms with Gasteiger partial charge in [0.05, 0.1) is 16.9 Å². The smallest absolute Gasteiger partial charge is 0.243 e. The molecule has 1 aliphatic carbocycles. The number of carbonyl (C=O) groups excluding carboxylic acids is 1. The average Bonchev–Trinajstić information content (AvgIpc) is 2.58. The number of hydrogen-bond donors (Lipinski definition) is 1. The predicted molar refractivity (Wildman–Crippen MR) is 89.7 cm³/mol. The molecule has 7 heteroatoms. The summed E-state index contributed by atoms with van der Waals surface area (Å²) in [6, 6.07) is 8.44. The largest absolute Gasteiger partial charge is 0.393 e. The van der Waals surface area contributed by atoms with E-state index in [2.05, 4.69) is 0 Å². The van der Waals surface area contributed by atoms with Crippen LogP contribution in [0.3, 0.4) is 0 Å². The van der Waals surface area contributed by atoms with Crippen molar-refractivity contribution in [2.45, 2.75) is 42.7 Å². The van der Waals surface area contributed by atoms with Crippen molar-refractivity contribution in [3.05, 3.63) is 30.3 Å². The minimum Gasteiger partial charge on any atom is -0.393 e. The third-order valence-corrected chi connectivity index (χ3v) is 6.98. The van der Waals surface area contributed by atoms with E-state index in [1.54, 1.807) is 42.3 Å². The van der Waals surface area contributed by atoms with Gasteiger partial charge in [0.2, 0.25) is 15.9 Å². The molecular weight excluding hydrogens is 328 g/mol. The van der Waals surface area contributed by atoms with Crippen molar-refractivity contribution in [3.8, 4) is 0 Å². The molecule has 132 valence electrons. The van der Waals surface area contributed by atoms with Crippen LogP contribution in [0.5, 0.6) is 0 Å². The summed E-state index contributed by atoms with van der Waals surface area (Å²) in [6.07, 6.45) is 2.30. The first-order valence-electron chi connectivity index (χ1n) is 8.39. The zero-order chi connectivity index (χ0) is 17.3. The van der Waals surface area contributed by atoms with E-state index in [9.17, 15) is 18.3 Å². The molecule has 3 rings (SSSR count). The summed E-state index contributed by atoms with van der Waals surface area (Å²) in [7, 11) is -1.80. The number of aliphatic hydroxyl groups is 1. The topological polar surface area (TPSA) is 77.9 Å². The van der Waals surface area contributed by atoms with Crippen molar-refractivity contribution in [2.24, 2.45) is 5.92 Å². The molecule has 1 saturated carbocycles. The quantitative estimate of drug-likeness (QED) is 0.879. The van der Waals surface area contributed by atoms with Gasteiger partial charge in [-0.25, -0.2) is 8.42 Å². The van der Waals surface area contributed by atoms with Crippen LogP contribution in [0.25, 0.3) is 0 Å². The first-order valence-corrected chi connectivity index (χ1v) is 9.83. The van der Waals surface area contributed by atoms with Crippen molar-refractivity contribution in [1.82, 2.24) is 9.21 Å². The van der Waals surface area contributed by atoms with Crippen LogP contribution in [0, 0.1) is 5.92 Å². The minimum absolute atomic E-state index is 0.0140. The van der Waals surface area contributed by atoms with Gasteiger partial charge in [0.25, 0.3) is 0 Å². The SMILES string of the molecule is CN(C(=O)C1CCCN(S(=O)(=O)c2ccccc2)C1)C1CC(O)C1. The molecule has 0 radical (unpaired) electrons. The number of rotatable bonds is 4. The monoisotopic (exact) mass is 352 g/mol. The molecule has 1 heterocycles.